The van der Waals surface area contributed by atoms with Gasteiger partial charge in [-0.25, -0.2) is 4.98 Å². The first-order valence-corrected chi connectivity index (χ1v) is 7.92. The number of anilines is 1. The molecule has 2 atom stereocenters. The molecule has 1 aliphatic heterocycles. The Bertz CT molecular complexity index is 455. The van der Waals surface area contributed by atoms with Gasteiger partial charge >= 0.3 is 0 Å². The van der Waals surface area contributed by atoms with Crippen molar-refractivity contribution >= 4 is 5.82 Å². The number of ether oxygens (including phenoxy) is 2. The molecule has 1 N–H and O–H groups in total. The summed E-state index contributed by atoms with van der Waals surface area (Å²) in [6.07, 6.45) is 5.97. The minimum Gasteiger partial charge on any atom is -0.383 e. The second-order valence-corrected chi connectivity index (χ2v) is 5.76. The first-order valence-electron chi connectivity index (χ1n) is 7.92. The molecule has 5 heteroatoms. The van der Waals surface area contributed by atoms with Crippen molar-refractivity contribution in [2.45, 2.75) is 38.0 Å². The molecule has 2 fully saturated rings. The highest BCUT2D eigenvalue weighted by Gasteiger charge is 2.37. The SMILES string of the molecule is COCCNCc1cccnc1N1CCOC2CCCC21. The van der Waals surface area contributed by atoms with Crippen LogP contribution in [0.25, 0.3) is 0 Å². The minimum absolute atomic E-state index is 0.398. The summed E-state index contributed by atoms with van der Waals surface area (Å²) in [6, 6.07) is 4.69. The van der Waals surface area contributed by atoms with Gasteiger partial charge in [-0.1, -0.05) is 6.07 Å². The Kier molecular flexibility index (Phi) is 5.06. The van der Waals surface area contributed by atoms with Crippen LogP contribution in [-0.2, 0) is 16.0 Å². The van der Waals surface area contributed by atoms with E-state index in [1.54, 1.807) is 7.11 Å². The Labute approximate surface area is 126 Å². The normalized spacial score (nSPS) is 25.1. The van der Waals surface area contributed by atoms with Gasteiger partial charge in [0.2, 0.25) is 0 Å². The molecule has 1 aliphatic carbocycles. The van der Waals surface area contributed by atoms with Gasteiger partial charge in [0, 0.05) is 38.5 Å². The van der Waals surface area contributed by atoms with Crippen molar-refractivity contribution in [3.63, 3.8) is 0 Å². The van der Waals surface area contributed by atoms with Crippen molar-refractivity contribution in [1.29, 1.82) is 0 Å². The van der Waals surface area contributed by atoms with Crippen LogP contribution < -0.4 is 10.2 Å². The monoisotopic (exact) mass is 291 g/mol. The average Bonchev–Trinajstić information content (AvgIpc) is 3.00. The fourth-order valence-electron chi connectivity index (χ4n) is 3.41. The Balaban J connectivity index is 1.71. The van der Waals surface area contributed by atoms with E-state index in [2.05, 4.69) is 21.3 Å². The van der Waals surface area contributed by atoms with Gasteiger partial charge < -0.3 is 19.7 Å². The maximum Gasteiger partial charge on any atom is 0.133 e. The van der Waals surface area contributed by atoms with E-state index < -0.39 is 0 Å². The van der Waals surface area contributed by atoms with Crippen LogP contribution in [0.4, 0.5) is 5.82 Å². The number of hydrogen-bond donors (Lipinski definition) is 1. The summed E-state index contributed by atoms with van der Waals surface area (Å²) in [7, 11) is 1.73. The summed E-state index contributed by atoms with van der Waals surface area (Å²) >= 11 is 0. The molecule has 3 rings (SSSR count). The van der Waals surface area contributed by atoms with Gasteiger partial charge in [0.1, 0.15) is 5.82 Å². The Morgan fingerprint density at radius 2 is 2.43 bits per heavy atom. The molecule has 2 aliphatic rings. The second-order valence-electron chi connectivity index (χ2n) is 5.76. The number of nitrogens with one attached hydrogen (secondary N) is 1. The summed E-state index contributed by atoms with van der Waals surface area (Å²) in [4.78, 5) is 7.13. The van der Waals surface area contributed by atoms with E-state index in [-0.39, 0.29) is 0 Å². The van der Waals surface area contributed by atoms with Gasteiger partial charge in [-0.05, 0) is 25.3 Å². The van der Waals surface area contributed by atoms with Crippen LogP contribution in [0.5, 0.6) is 0 Å². The first-order chi connectivity index (χ1) is 10.4. The highest BCUT2D eigenvalue weighted by Crippen LogP contribution is 2.33. The molecule has 116 valence electrons. The van der Waals surface area contributed by atoms with E-state index >= 15 is 0 Å². The van der Waals surface area contributed by atoms with Crippen molar-refractivity contribution < 1.29 is 9.47 Å². The quantitative estimate of drug-likeness (QED) is 0.806. The number of aromatic nitrogens is 1. The summed E-state index contributed by atoms with van der Waals surface area (Å²) < 4.78 is 11.0. The van der Waals surface area contributed by atoms with Gasteiger partial charge in [-0.15, -0.1) is 0 Å². The van der Waals surface area contributed by atoms with Crippen LogP contribution in [-0.4, -0.2) is 50.5 Å². The lowest BCUT2D eigenvalue weighted by molar-refractivity contribution is 0.0252. The first kappa shape index (κ1) is 14.8. The maximum atomic E-state index is 5.90. The van der Waals surface area contributed by atoms with E-state index in [4.69, 9.17) is 9.47 Å². The highest BCUT2D eigenvalue weighted by atomic mass is 16.5. The molecule has 1 saturated heterocycles. The molecule has 1 aromatic heterocycles. The van der Waals surface area contributed by atoms with Crippen molar-refractivity contribution in [1.82, 2.24) is 10.3 Å². The molecule has 1 aromatic rings. The number of nitrogens with zero attached hydrogens (tertiary/aromatic N) is 2. The molecule has 5 nitrogen and oxygen atoms in total. The summed E-state index contributed by atoms with van der Waals surface area (Å²) in [5.74, 6) is 1.13. The molecule has 0 bridgehead atoms. The molecule has 2 heterocycles. The Morgan fingerprint density at radius 3 is 3.33 bits per heavy atom. The molecular weight excluding hydrogens is 266 g/mol. The molecule has 0 amide bonds. The van der Waals surface area contributed by atoms with Crippen molar-refractivity contribution in [3.05, 3.63) is 23.9 Å². The molecule has 2 unspecified atom stereocenters. The number of pyridine rings is 1. The van der Waals surface area contributed by atoms with Crippen LogP contribution >= 0.6 is 0 Å². The van der Waals surface area contributed by atoms with Crippen molar-refractivity contribution in [3.8, 4) is 0 Å². The molecule has 0 radical (unpaired) electrons. The third-order valence-electron chi connectivity index (χ3n) is 4.42. The lowest BCUT2D eigenvalue weighted by atomic mass is 10.1. The maximum absolute atomic E-state index is 5.90. The number of rotatable bonds is 6. The summed E-state index contributed by atoms with van der Waals surface area (Å²) in [5, 5.41) is 3.42. The van der Waals surface area contributed by atoms with Crippen LogP contribution in [0, 0.1) is 0 Å². The molecule has 0 aromatic carbocycles. The van der Waals surface area contributed by atoms with Crippen molar-refractivity contribution in [2.75, 3.05) is 38.3 Å². The average molecular weight is 291 g/mol. The van der Waals surface area contributed by atoms with Gasteiger partial charge in [0.05, 0.1) is 25.4 Å². The zero-order valence-corrected chi connectivity index (χ0v) is 12.8. The smallest absolute Gasteiger partial charge is 0.133 e. The van der Waals surface area contributed by atoms with Gasteiger partial charge in [-0.3, -0.25) is 0 Å². The van der Waals surface area contributed by atoms with E-state index in [0.717, 1.165) is 38.7 Å². The number of fused-ring (bicyclic) bond motifs is 1. The zero-order valence-electron chi connectivity index (χ0n) is 12.8. The fraction of sp³-hybridized carbons (Fsp3) is 0.688. The second kappa shape index (κ2) is 7.20. The van der Waals surface area contributed by atoms with Crippen LogP contribution in [0.15, 0.2) is 18.3 Å². The van der Waals surface area contributed by atoms with Gasteiger partial charge in [0.25, 0.3) is 0 Å². The number of methoxy groups -OCH3 is 1. The predicted molar refractivity (Wildman–Crippen MR) is 82.5 cm³/mol. The number of hydrogen-bond acceptors (Lipinski definition) is 5. The third-order valence-corrected chi connectivity index (χ3v) is 4.42. The lowest BCUT2D eigenvalue weighted by Crippen LogP contribution is -2.49. The standard InChI is InChI=1S/C16H25N3O2/c1-20-10-8-17-12-13-4-3-7-18-16(13)19-9-11-21-15-6-2-5-14(15)19/h3-4,7,14-15,17H,2,5-6,8-12H2,1H3. The largest absolute Gasteiger partial charge is 0.383 e. The number of morpholine rings is 1. The fourth-order valence-corrected chi connectivity index (χ4v) is 3.41. The minimum atomic E-state index is 0.398. The van der Waals surface area contributed by atoms with E-state index in [0.29, 0.717) is 12.1 Å². The summed E-state index contributed by atoms with van der Waals surface area (Å²) in [5.41, 5.74) is 1.26. The zero-order chi connectivity index (χ0) is 14.5. The Hall–Kier alpha value is -1.17. The molecule has 1 saturated carbocycles. The van der Waals surface area contributed by atoms with Crippen LogP contribution in [0.2, 0.25) is 0 Å². The van der Waals surface area contributed by atoms with E-state index in [1.807, 2.05) is 12.3 Å². The van der Waals surface area contributed by atoms with Gasteiger partial charge in [0.15, 0.2) is 0 Å². The summed E-state index contributed by atoms with van der Waals surface area (Å²) in [6.45, 7) is 4.19. The van der Waals surface area contributed by atoms with Crippen LogP contribution in [0.1, 0.15) is 24.8 Å². The Morgan fingerprint density at radius 1 is 1.48 bits per heavy atom. The molecular formula is C16H25N3O2. The van der Waals surface area contributed by atoms with Crippen molar-refractivity contribution in [2.24, 2.45) is 0 Å². The van der Waals surface area contributed by atoms with Crippen LogP contribution in [0.3, 0.4) is 0 Å². The van der Waals surface area contributed by atoms with E-state index in [1.165, 1.54) is 24.8 Å². The lowest BCUT2D eigenvalue weighted by Gasteiger charge is -2.39. The highest BCUT2D eigenvalue weighted by molar-refractivity contribution is 5.48. The van der Waals surface area contributed by atoms with E-state index in [9.17, 15) is 0 Å². The molecule has 21 heavy (non-hydrogen) atoms. The predicted octanol–water partition coefficient (Wildman–Crippen LogP) is 1.58. The third kappa shape index (κ3) is 3.36. The molecule has 0 spiro atoms. The van der Waals surface area contributed by atoms with Gasteiger partial charge in [-0.2, -0.15) is 0 Å². The topological polar surface area (TPSA) is 46.6 Å².